The number of ether oxygens (including phenoxy) is 4. The molecular formula is C47H65N7O10S. The van der Waals surface area contributed by atoms with Gasteiger partial charge in [-0.3, -0.25) is 18.9 Å². The first-order chi connectivity index (χ1) is 30.6. The van der Waals surface area contributed by atoms with Gasteiger partial charge in [0.2, 0.25) is 23.9 Å². The molecule has 18 heteroatoms. The summed E-state index contributed by atoms with van der Waals surface area (Å²) in [5, 5.41) is 7.17. The molecule has 4 heterocycles. The van der Waals surface area contributed by atoms with E-state index in [1.54, 1.807) is 43.4 Å². The van der Waals surface area contributed by atoms with Crippen molar-refractivity contribution in [1.29, 1.82) is 0 Å². The number of aromatic nitrogens is 2. The van der Waals surface area contributed by atoms with Gasteiger partial charge in [-0.15, -0.1) is 0 Å². The molecule has 3 amide bonds. The van der Waals surface area contributed by atoms with Gasteiger partial charge in [-0.1, -0.05) is 32.1 Å². The molecule has 5 N–H and O–H groups in total. The number of rotatable bonds is 5. The van der Waals surface area contributed by atoms with Crippen LogP contribution in [0.25, 0.3) is 10.9 Å². The van der Waals surface area contributed by atoms with Crippen LogP contribution >= 0.6 is 0 Å². The quantitative estimate of drug-likeness (QED) is 0.246. The summed E-state index contributed by atoms with van der Waals surface area (Å²) < 4.78 is 48.2. The molecule has 8 atom stereocenters. The van der Waals surface area contributed by atoms with Crippen LogP contribution in [-0.4, -0.2) is 117 Å². The van der Waals surface area contributed by atoms with E-state index in [4.69, 9.17) is 29.2 Å². The van der Waals surface area contributed by atoms with E-state index in [2.05, 4.69) is 61.3 Å². The third kappa shape index (κ3) is 10.2. The highest BCUT2D eigenvalue weighted by Gasteiger charge is 2.61. The number of para-hydroxylation sites is 2. The average Bonchev–Trinajstić information content (AvgIpc) is 3.62. The Bertz CT molecular complexity index is 2410. The van der Waals surface area contributed by atoms with Gasteiger partial charge in [-0.05, 0) is 107 Å². The van der Waals surface area contributed by atoms with Crippen LogP contribution in [0.1, 0.15) is 73.1 Å². The van der Waals surface area contributed by atoms with Crippen LogP contribution in [0.2, 0.25) is 0 Å². The molecule has 3 saturated carbocycles. The smallest absolute Gasteiger partial charge is 0.267 e. The fourth-order valence-corrected chi connectivity index (χ4v) is 11.3. The molecule has 65 heavy (non-hydrogen) atoms. The van der Waals surface area contributed by atoms with E-state index in [0.717, 1.165) is 19.3 Å². The Kier molecular flexibility index (Phi) is 13.5. The number of methoxy groups -OCH3 is 2. The molecule has 6 aliphatic rings. The van der Waals surface area contributed by atoms with Crippen molar-refractivity contribution in [2.45, 2.75) is 90.8 Å². The number of anilines is 2. The number of nitrogens with zero attached hydrogens (tertiary/aromatic N) is 4. The van der Waals surface area contributed by atoms with Crippen molar-refractivity contribution in [3.05, 3.63) is 48.6 Å². The summed E-state index contributed by atoms with van der Waals surface area (Å²) in [5.41, 5.74) is 6.92. The zero-order valence-corrected chi connectivity index (χ0v) is 39.6. The van der Waals surface area contributed by atoms with E-state index in [9.17, 15) is 22.8 Å². The minimum atomic E-state index is -3.67. The van der Waals surface area contributed by atoms with Crippen LogP contribution in [0.3, 0.4) is 0 Å². The van der Waals surface area contributed by atoms with E-state index in [0.29, 0.717) is 95.9 Å². The van der Waals surface area contributed by atoms with Crippen molar-refractivity contribution in [1.82, 2.24) is 25.5 Å². The fraction of sp³-hybridized carbons (Fsp3) is 0.596. The van der Waals surface area contributed by atoms with Crippen molar-refractivity contribution in [3.8, 4) is 23.0 Å². The van der Waals surface area contributed by atoms with Crippen LogP contribution in [-0.2, 0) is 24.5 Å². The lowest BCUT2D eigenvalue weighted by molar-refractivity contribution is -0.141. The summed E-state index contributed by atoms with van der Waals surface area (Å²) in [4.78, 5) is 50.8. The van der Waals surface area contributed by atoms with Gasteiger partial charge in [-0.2, -0.15) is 13.4 Å². The number of benzene rings is 2. The van der Waals surface area contributed by atoms with E-state index >= 15 is 0 Å². The molecule has 1 unspecified atom stereocenters. The van der Waals surface area contributed by atoms with Crippen LogP contribution in [0, 0.1) is 34.5 Å². The topological polar surface area (TPSA) is 225 Å². The predicted octanol–water partition coefficient (Wildman–Crippen LogP) is 5.04. The van der Waals surface area contributed by atoms with Crippen molar-refractivity contribution in [2.24, 2.45) is 34.5 Å². The SMILES string of the molecule is CC(C)(C)NC(=O)[C@H]1CC[C@H]2[C@@H]3CC[C@H]4NC(=O)C=C[C@]4(C)[C@H]3CC[C@]12C.COc1cc2nc(N3CCN(C(=O)C4COc5ccccc5O4)CC3)nc(N)c2cc1OC.CS(=O)(=O)O. The molecule has 1 saturated heterocycles. The summed E-state index contributed by atoms with van der Waals surface area (Å²) >= 11 is 0. The lowest BCUT2D eigenvalue weighted by Crippen LogP contribution is -2.59. The third-order valence-electron chi connectivity index (χ3n) is 14.4. The van der Waals surface area contributed by atoms with Crippen LogP contribution in [0.5, 0.6) is 23.0 Å². The van der Waals surface area contributed by atoms with Crippen molar-refractivity contribution in [2.75, 3.05) is 63.9 Å². The van der Waals surface area contributed by atoms with Crippen LogP contribution in [0.15, 0.2) is 48.6 Å². The summed E-state index contributed by atoms with van der Waals surface area (Å²) in [6.07, 6.45) is 10.8. The van der Waals surface area contributed by atoms with E-state index in [1.807, 2.05) is 23.1 Å². The Morgan fingerprint density at radius 2 is 1.62 bits per heavy atom. The molecule has 0 spiro atoms. The molecule has 3 aliphatic heterocycles. The van der Waals surface area contributed by atoms with Gasteiger partial charge in [0.15, 0.2) is 23.0 Å². The molecule has 3 aromatic rings. The van der Waals surface area contributed by atoms with Crippen molar-refractivity contribution < 1.29 is 46.3 Å². The highest BCUT2D eigenvalue weighted by atomic mass is 32.2. The number of fused-ring (bicyclic) bond motifs is 7. The molecule has 9 rings (SSSR count). The van der Waals surface area contributed by atoms with Gasteiger partial charge in [0.05, 0.1) is 26.0 Å². The summed E-state index contributed by atoms with van der Waals surface area (Å²) in [7, 11) is -0.524. The number of piperazine rings is 1. The third-order valence-corrected chi connectivity index (χ3v) is 14.4. The molecule has 0 radical (unpaired) electrons. The molecular weight excluding hydrogens is 855 g/mol. The number of nitrogens with one attached hydrogen (secondary N) is 2. The number of carbonyl (C=O) groups is 3. The minimum absolute atomic E-state index is 0.0661. The lowest BCUT2D eigenvalue weighted by atomic mass is 9.48. The number of nitrogens with two attached hydrogens (primary N) is 1. The predicted molar refractivity (Wildman–Crippen MR) is 247 cm³/mol. The highest BCUT2D eigenvalue weighted by Crippen LogP contribution is 2.65. The Morgan fingerprint density at radius 1 is 0.954 bits per heavy atom. The number of carbonyl (C=O) groups excluding carboxylic acids is 3. The lowest BCUT2D eigenvalue weighted by Gasteiger charge is -2.58. The van der Waals surface area contributed by atoms with Crippen LogP contribution < -0.4 is 40.2 Å². The summed E-state index contributed by atoms with van der Waals surface area (Å²) in [5.74, 6) is 5.59. The molecule has 1 aromatic heterocycles. The summed E-state index contributed by atoms with van der Waals surface area (Å²) in [6, 6.07) is 11.2. The van der Waals surface area contributed by atoms with Gasteiger partial charge < -0.3 is 45.1 Å². The Labute approximate surface area is 381 Å². The van der Waals surface area contributed by atoms with Gasteiger partial charge >= 0.3 is 0 Å². The minimum Gasteiger partial charge on any atom is -0.493 e. The van der Waals surface area contributed by atoms with E-state index in [1.165, 1.54) is 19.3 Å². The number of hydrogen-bond acceptors (Lipinski definition) is 13. The zero-order valence-electron chi connectivity index (χ0n) is 38.8. The van der Waals surface area contributed by atoms with Crippen molar-refractivity contribution >= 4 is 50.5 Å². The Balaban J connectivity index is 0.000000179. The number of hydrogen-bond donors (Lipinski definition) is 4. The van der Waals surface area contributed by atoms with E-state index in [-0.39, 0.29) is 52.7 Å². The van der Waals surface area contributed by atoms with Crippen molar-refractivity contribution in [3.63, 3.8) is 0 Å². The normalized spacial score (nSPS) is 29.0. The van der Waals surface area contributed by atoms with E-state index < -0.39 is 16.2 Å². The Morgan fingerprint density at radius 3 is 2.28 bits per heavy atom. The maximum absolute atomic E-state index is 13.0. The molecule has 354 valence electrons. The first-order valence-corrected chi connectivity index (χ1v) is 24.3. The second-order valence-electron chi connectivity index (χ2n) is 19.7. The Hall–Kier alpha value is -5.36. The second kappa shape index (κ2) is 18.5. The largest absolute Gasteiger partial charge is 0.493 e. The van der Waals surface area contributed by atoms with Gasteiger partial charge in [-0.25, -0.2) is 4.98 Å². The maximum atomic E-state index is 13.0. The maximum Gasteiger partial charge on any atom is 0.267 e. The fourth-order valence-electron chi connectivity index (χ4n) is 11.3. The zero-order chi connectivity index (χ0) is 47.1. The first kappa shape index (κ1) is 47.6. The van der Waals surface area contributed by atoms with Crippen LogP contribution in [0.4, 0.5) is 11.8 Å². The standard InChI is InChI=1S/C23H25N5O5.C23H36N2O2.CH4O3S/c1-30-18-11-14-15(12-19(18)31-2)25-23(26-21(14)24)28-9-7-27(8-10-28)22(29)20-13-32-16-5-3-4-6-17(16)33-20;1-21(2,3)25-20(27)17-8-7-15-14-6-9-18-23(5,13-11-19(26)24-18)16(14)10-12-22(15,17)4;1-5(2,3)4/h3-6,11-12,20H,7-10,13H2,1-2H3,(H2,24,25,26);11,13-18H,6-10,12H2,1-5H3,(H,24,26)(H,25,27);1H3,(H,2,3,4)/t;14-,15-,16-,17+,18+,22-,23+;/m.0./s1. The molecule has 3 aliphatic carbocycles. The van der Waals surface area contributed by atoms with Gasteiger partial charge in [0.25, 0.3) is 16.0 Å². The molecule has 17 nitrogen and oxygen atoms in total. The van der Waals surface area contributed by atoms with Gasteiger partial charge in [0, 0.05) is 60.5 Å². The molecule has 4 fully saturated rings. The summed E-state index contributed by atoms with van der Waals surface area (Å²) in [6.45, 7) is 13.4. The number of amides is 3. The second-order valence-corrected chi connectivity index (χ2v) is 21.1. The highest BCUT2D eigenvalue weighted by molar-refractivity contribution is 7.85. The number of nitrogen functional groups attached to an aromatic ring is 1. The molecule has 0 bridgehead atoms. The molecule has 2 aromatic carbocycles. The van der Waals surface area contributed by atoms with Gasteiger partial charge in [0.1, 0.15) is 12.4 Å². The first-order valence-electron chi connectivity index (χ1n) is 22.5. The average molecular weight is 920 g/mol. The monoisotopic (exact) mass is 919 g/mol.